The van der Waals surface area contributed by atoms with Crippen LogP contribution in [0.1, 0.15) is 63.8 Å². The molecule has 1 aromatic rings. The van der Waals surface area contributed by atoms with Gasteiger partial charge in [0.1, 0.15) is 11.4 Å². The average Bonchev–Trinajstić information content (AvgIpc) is 2.81. The van der Waals surface area contributed by atoms with Crippen molar-refractivity contribution in [2.24, 2.45) is 0 Å². The van der Waals surface area contributed by atoms with E-state index in [9.17, 15) is 9.90 Å². The van der Waals surface area contributed by atoms with Gasteiger partial charge in [-0.3, -0.25) is 4.79 Å². The van der Waals surface area contributed by atoms with Gasteiger partial charge in [-0.15, -0.1) is 0 Å². The second-order valence-electron chi connectivity index (χ2n) is 5.58. The number of hydrogen-bond acceptors (Lipinski definition) is 4. The van der Waals surface area contributed by atoms with Crippen LogP contribution in [-0.2, 0) is 10.3 Å². The van der Waals surface area contributed by atoms with Crippen LogP contribution >= 0.6 is 0 Å². The summed E-state index contributed by atoms with van der Waals surface area (Å²) in [7, 11) is 0. The quantitative estimate of drug-likeness (QED) is 0.877. The molecule has 5 heteroatoms. The van der Waals surface area contributed by atoms with Crippen LogP contribution < -0.4 is 5.56 Å². The molecule has 1 aliphatic rings. The van der Waals surface area contributed by atoms with E-state index in [0.29, 0.717) is 18.0 Å². The molecule has 0 spiro atoms. The fourth-order valence-corrected chi connectivity index (χ4v) is 2.77. The summed E-state index contributed by atoms with van der Waals surface area (Å²) in [5.41, 5.74) is -0.504. The SMILES string of the molecule is CCOC(C)(C)c1nc(O)c(C2CCCC2)c(=O)[nH]1. The van der Waals surface area contributed by atoms with Crippen molar-refractivity contribution in [3.05, 3.63) is 21.7 Å². The van der Waals surface area contributed by atoms with Crippen molar-refractivity contribution in [3.63, 3.8) is 0 Å². The molecule has 5 nitrogen and oxygen atoms in total. The van der Waals surface area contributed by atoms with E-state index in [1.807, 2.05) is 20.8 Å². The zero-order chi connectivity index (χ0) is 14.0. The third kappa shape index (κ3) is 2.81. The van der Waals surface area contributed by atoms with Crippen LogP contribution in [-0.4, -0.2) is 21.7 Å². The fourth-order valence-electron chi connectivity index (χ4n) is 2.77. The number of hydrogen-bond donors (Lipinski definition) is 2. The zero-order valence-electron chi connectivity index (χ0n) is 11.8. The molecular weight excluding hydrogens is 244 g/mol. The minimum Gasteiger partial charge on any atom is -0.493 e. The standard InChI is InChI=1S/C14H22N2O3/c1-4-19-14(2,3)13-15-11(17)10(12(18)16-13)9-7-5-6-8-9/h9H,4-8H2,1-3H3,(H2,15,16,17,18). The number of rotatable bonds is 4. The smallest absolute Gasteiger partial charge is 0.258 e. The number of ether oxygens (including phenoxy) is 1. The molecule has 0 bridgehead atoms. The van der Waals surface area contributed by atoms with Crippen molar-refractivity contribution in [3.8, 4) is 5.88 Å². The number of H-pyrrole nitrogens is 1. The van der Waals surface area contributed by atoms with E-state index in [0.717, 1.165) is 25.7 Å². The number of nitrogens with one attached hydrogen (secondary N) is 1. The van der Waals surface area contributed by atoms with Gasteiger partial charge in [-0.1, -0.05) is 12.8 Å². The average molecular weight is 266 g/mol. The molecule has 0 amide bonds. The molecule has 2 rings (SSSR count). The van der Waals surface area contributed by atoms with E-state index in [4.69, 9.17) is 4.74 Å². The molecule has 2 N–H and O–H groups in total. The van der Waals surface area contributed by atoms with Gasteiger partial charge >= 0.3 is 0 Å². The summed E-state index contributed by atoms with van der Waals surface area (Å²) in [6.45, 7) is 6.04. The van der Waals surface area contributed by atoms with E-state index in [-0.39, 0.29) is 17.4 Å². The molecule has 0 aliphatic heterocycles. The van der Waals surface area contributed by atoms with Gasteiger partial charge in [0, 0.05) is 6.61 Å². The van der Waals surface area contributed by atoms with E-state index >= 15 is 0 Å². The lowest BCUT2D eigenvalue weighted by Crippen LogP contribution is -2.29. The Labute approximate surface area is 113 Å². The van der Waals surface area contributed by atoms with Gasteiger partial charge in [0.15, 0.2) is 0 Å². The monoisotopic (exact) mass is 266 g/mol. The van der Waals surface area contributed by atoms with Crippen molar-refractivity contribution >= 4 is 0 Å². The Bertz CT molecular complexity index is 502. The Kier molecular flexibility index (Phi) is 3.94. The molecular formula is C14H22N2O3. The third-order valence-electron chi connectivity index (χ3n) is 3.77. The second kappa shape index (κ2) is 5.33. The zero-order valence-corrected chi connectivity index (χ0v) is 11.8. The Morgan fingerprint density at radius 2 is 2.05 bits per heavy atom. The van der Waals surface area contributed by atoms with E-state index < -0.39 is 5.60 Å². The van der Waals surface area contributed by atoms with E-state index in [2.05, 4.69) is 9.97 Å². The lowest BCUT2D eigenvalue weighted by Gasteiger charge is -2.24. The number of nitrogens with zero attached hydrogens (tertiary/aromatic N) is 1. The maximum atomic E-state index is 12.2. The first-order chi connectivity index (χ1) is 8.95. The number of aromatic nitrogens is 2. The summed E-state index contributed by atoms with van der Waals surface area (Å²) in [6, 6.07) is 0. The molecule has 0 unspecified atom stereocenters. The van der Waals surface area contributed by atoms with Gasteiger partial charge in [-0.25, -0.2) is 0 Å². The number of aromatic hydroxyl groups is 1. The van der Waals surface area contributed by atoms with Crippen LogP contribution in [0.4, 0.5) is 0 Å². The van der Waals surface area contributed by atoms with Crippen LogP contribution in [0, 0.1) is 0 Å². The van der Waals surface area contributed by atoms with Crippen molar-refractivity contribution < 1.29 is 9.84 Å². The largest absolute Gasteiger partial charge is 0.493 e. The molecule has 19 heavy (non-hydrogen) atoms. The predicted octanol–water partition coefficient (Wildman–Crippen LogP) is 2.40. The first-order valence-corrected chi connectivity index (χ1v) is 6.93. The van der Waals surface area contributed by atoms with Crippen LogP contribution in [0.15, 0.2) is 4.79 Å². The fraction of sp³-hybridized carbons (Fsp3) is 0.714. The lowest BCUT2D eigenvalue weighted by molar-refractivity contribution is -0.0214. The molecule has 106 valence electrons. The first-order valence-electron chi connectivity index (χ1n) is 6.93. The normalized spacial score (nSPS) is 17.0. The van der Waals surface area contributed by atoms with Gasteiger partial charge < -0.3 is 14.8 Å². The molecule has 1 aromatic heterocycles. The summed E-state index contributed by atoms with van der Waals surface area (Å²) in [5, 5.41) is 10.1. The summed E-state index contributed by atoms with van der Waals surface area (Å²) in [5.74, 6) is 0.373. The minimum absolute atomic E-state index is 0.139. The summed E-state index contributed by atoms with van der Waals surface area (Å²) in [6.07, 6.45) is 4.12. The molecule has 1 fully saturated rings. The lowest BCUT2D eigenvalue weighted by atomic mass is 9.99. The van der Waals surface area contributed by atoms with Crippen molar-refractivity contribution in [2.45, 2.75) is 58.0 Å². The highest BCUT2D eigenvalue weighted by atomic mass is 16.5. The first kappa shape index (κ1) is 14.1. The Balaban J connectivity index is 2.39. The highest BCUT2D eigenvalue weighted by Crippen LogP contribution is 2.36. The predicted molar refractivity (Wildman–Crippen MR) is 72.4 cm³/mol. The summed E-state index contributed by atoms with van der Waals surface area (Å²) in [4.78, 5) is 19.1. The highest BCUT2D eigenvalue weighted by Gasteiger charge is 2.29. The van der Waals surface area contributed by atoms with E-state index in [1.54, 1.807) is 0 Å². The van der Waals surface area contributed by atoms with Gasteiger partial charge in [0.25, 0.3) is 5.56 Å². The molecule has 0 radical (unpaired) electrons. The minimum atomic E-state index is -0.709. The molecule has 0 aromatic carbocycles. The molecule has 0 atom stereocenters. The number of aromatic amines is 1. The summed E-state index contributed by atoms with van der Waals surface area (Å²) >= 11 is 0. The van der Waals surface area contributed by atoms with Gasteiger partial charge in [-0.05, 0) is 39.5 Å². The van der Waals surface area contributed by atoms with Crippen molar-refractivity contribution in [1.29, 1.82) is 0 Å². The van der Waals surface area contributed by atoms with Gasteiger partial charge in [-0.2, -0.15) is 4.98 Å². The Hall–Kier alpha value is -1.36. The Morgan fingerprint density at radius 1 is 1.42 bits per heavy atom. The molecule has 1 saturated carbocycles. The van der Waals surface area contributed by atoms with Crippen molar-refractivity contribution in [2.75, 3.05) is 6.61 Å². The third-order valence-corrected chi connectivity index (χ3v) is 3.77. The second-order valence-corrected chi connectivity index (χ2v) is 5.58. The molecule has 1 heterocycles. The summed E-state index contributed by atoms with van der Waals surface area (Å²) < 4.78 is 5.55. The molecule has 0 saturated heterocycles. The van der Waals surface area contributed by atoms with Crippen molar-refractivity contribution in [1.82, 2.24) is 9.97 Å². The van der Waals surface area contributed by atoms with Crippen LogP contribution in [0.25, 0.3) is 0 Å². The van der Waals surface area contributed by atoms with Crippen LogP contribution in [0.3, 0.4) is 0 Å². The van der Waals surface area contributed by atoms with Crippen LogP contribution in [0.2, 0.25) is 0 Å². The maximum Gasteiger partial charge on any atom is 0.258 e. The van der Waals surface area contributed by atoms with E-state index in [1.165, 1.54) is 0 Å². The maximum absolute atomic E-state index is 12.2. The van der Waals surface area contributed by atoms with Crippen LogP contribution in [0.5, 0.6) is 5.88 Å². The van der Waals surface area contributed by atoms with Gasteiger partial charge in [0.2, 0.25) is 5.88 Å². The topological polar surface area (TPSA) is 75.2 Å². The van der Waals surface area contributed by atoms with Gasteiger partial charge in [0.05, 0.1) is 5.56 Å². The highest BCUT2D eigenvalue weighted by molar-refractivity contribution is 5.28. The molecule has 1 aliphatic carbocycles. The Morgan fingerprint density at radius 3 is 2.58 bits per heavy atom.